The van der Waals surface area contributed by atoms with Crippen LogP contribution in [0.4, 0.5) is 0 Å². The van der Waals surface area contributed by atoms with E-state index >= 15 is 0 Å². The molecule has 0 radical (unpaired) electrons. The minimum absolute atomic E-state index is 0.936. The molecule has 0 aliphatic rings. The lowest BCUT2D eigenvalue weighted by Crippen LogP contribution is -1.91. The summed E-state index contributed by atoms with van der Waals surface area (Å²) in [6.45, 7) is 1.97. The molecule has 0 fully saturated rings. The summed E-state index contributed by atoms with van der Waals surface area (Å²) in [7, 11) is 0. The van der Waals surface area contributed by atoms with Crippen molar-refractivity contribution in [3.05, 3.63) is 54.6 Å². The first-order valence-electron chi connectivity index (χ1n) is 5.20. The number of rotatable bonds is 1. The van der Waals surface area contributed by atoms with Crippen molar-refractivity contribution >= 4 is 5.65 Å². The van der Waals surface area contributed by atoms with Gasteiger partial charge in [0, 0.05) is 17.3 Å². The summed E-state index contributed by atoms with van der Waals surface area (Å²) < 4.78 is 2.00. The predicted molar refractivity (Wildman–Crippen MR) is 63.2 cm³/mol. The second-order valence-electron chi connectivity index (χ2n) is 3.77. The van der Waals surface area contributed by atoms with E-state index in [-0.39, 0.29) is 0 Å². The van der Waals surface area contributed by atoms with Crippen molar-refractivity contribution in [3.8, 4) is 11.3 Å². The van der Waals surface area contributed by atoms with Crippen LogP contribution in [0.3, 0.4) is 0 Å². The van der Waals surface area contributed by atoms with Crippen molar-refractivity contribution in [2.45, 2.75) is 6.92 Å². The predicted octanol–water partition coefficient (Wildman–Crippen LogP) is 2.70. The van der Waals surface area contributed by atoms with Gasteiger partial charge in [-0.15, -0.1) is 0 Å². The molecule has 0 N–H and O–H groups in total. The second-order valence-corrected chi connectivity index (χ2v) is 3.77. The van der Waals surface area contributed by atoms with Gasteiger partial charge in [-0.2, -0.15) is 0 Å². The highest BCUT2D eigenvalue weighted by molar-refractivity contribution is 5.63. The Morgan fingerprint density at radius 1 is 1.06 bits per heavy atom. The zero-order valence-electron chi connectivity index (χ0n) is 8.96. The fourth-order valence-corrected chi connectivity index (χ4v) is 1.80. The van der Waals surface area contributed by atoms with Crippen molar-refractivity contribution < 1.29 is 0 Å². The maximum atomic E-state index is 4.38. The minimum atomic E-state index is 0.936. The Balaban J connectivity index is 2.26. The van der Waals surface area contributed by atoms with E-state index in [9.17, 15) is 0 Å². The van der Waals surface area contributed by atoms with E-state index in [0.717, 1.165) is 22.6 Å². The summed E-state index contributed by atoms with van der Waals surface area (Å²) in [5, 5.41) is 0. The van der Waals surface area contributed by atoms with Gasteiger partial charge in [0.25, 0.3) is 0 Å². The molecule has 2 aromatic heterocycles. The number of hydrogen-bond acceptors (Lipinski definition) is 2. The first-order valence-corrected chi connectivity index (χ1v) is 5.20. The Labute approximate surface area is 93.4 Å². The average Bonchev–Trinajstić information content (AvgIpc) is 2.73. The minimum Gasteiger partial charge on any atom is -0.283 e. The van der Waals surface area contributed by atoms with Crippen LogP contribution in [0.1, 0.15) is 5.69 Å². The van der Waals surface area contributed by atoms with Crippen LogP contribution < -0.4 is 0 Å². The summed E-state index contributed by atoms with van der Waals surface area (Å²) in [6.07, 6.45) is 3.70. The number of aryl methyl sites for hydroxylation is 1. The smallest absolute Gasteiger partial charge is 0.140 e. The Kier molecular flexibility index (Phi) is 1.96. The Hall–Kier alpha value is -2.16. The van der Waals surface area contributed by atoms with Crippen LogP contribution in [0.2, 0.25) is 0 Å². The van der Waals surface area contributed by atoms with E-state index in [2.05, 4.69) is 22.1 Å². The molecule has 78 valence electrons. The third-order valence-electron chi connectivity index (χ3n) is 2.61. The molecule has 0 aliphatic carbocycles. The molecule has 0 saturated carbocycles. The summed E-state index contributed by atoms with van der Waals surface area (Å²) >= 11 is 0. The standard InChI is InChI=1S/C13H11N3/c1-10-7-13-14-8-12(16(13)9-15-10)11-5-3-2-4-6-11/h2-9H,1H3. The van der Waals surface area contributed by atoms with E-state index in [1.807, 2.05) is 48.1 Å². The third-order valence-corrected chi connectivity index (χ3v) is 2.61. The van der Waals surface area contributed by atoms with Crippen molar-refractivity contribution in [1.29, 1.82) is 0 Å². The number of aromatic nitrogens is 3. The summed E-state index contributed by atoms with van der Waals surface area (Å²) in [5.74, 6) is 0. The topological polar surface area (TPSA) is 30.2 Å². The van der Waals surface area contributed by atoms with Crippen molar-refractivity contribution in [1.82, 2.24) is 14.4 Å². The van der Waals surface area contributed by atoms with E-state index in [1.165, 1.54) is 0 Å². The zero-order valence-corrected chi connectivity index (χ0v) is 8.96. The van der Waals surface area contributed by atoms with Crippen LogP contribution >= 0.6 is 0 Å². The Morgan fingerprint density at radius 3 is 2.69 bits per heavy atom. The normalized spacial score (nSPS) is 10.8. The first-order chi connectivity index (χ1) is 7.84. The molecule has 0 spiro atoms. The van der Waals surface area contributed by atoms with Crippen molar-refractivity contribution in [3.63, 3.8) is 0 Å². The van der Waals surface area contributed by atoms with Gasteiger partial charge in [-0.1, -0.05) is 30.3 Å². The summed E-state index contributed by atoms with van der Waals surface area (Å²) in [4.78, 5) is 8.67. The largest absolute Gasteiger partial charge is 0.283 e. The molecule has 16 heavy (non-hydrogen) atoms. The molecule has 0 aliphatic heterocycles. The number of fused-ring (bicyclic) bond motifs is 1. The molecule has 2 heterocycles. The molecular weight excluding hydrogens is 198 g/mol. The lowest BCUT2D eigenvalue weighted by molar-refractivity contribution is 1.05. The van der Waals surface area contributed by atoms with Gasteiger partial charge >= 0.3 is 0 Å². The molecule has 0 unspecified atom stereocenters. The van der Waals surface area contributed by atoms with Crippen LogP contribution in [-0.2, 0) is 0 Å². The molecule has 0 bridgehead atoms. The van der Waals surface area contributed by atoms with Gasteiger partial charge in [-0.3, -0.25) is 4.40 Å². The van der Waals surface area contributed by atoms with Crippen molar-refractivity contribution in [2.24, 2.45) is 0 Å². The fourth-order valence-electron chi connectivity index (χ4n) is 1.80. The van der Waals surface area contributed by atoms with Crippen LogP contribution in [0, 0.1) is 6.92 Å². The van der Waals surface area contributed by atoms with Crippen LogP contribution in [0.25, 0.3) is 16.9 Å². The molecule has 3 aromatic rings. The van der Waals surface area contributed by atoms with E-state index in [1.54, 1.807) is 0 Å². The third kappa shape index (κ3) is 1.37. The van der Waals surface area contributed by atoms with Gasteiger partial charge in [-0.05, 0) is 6.92 Å². The highest BCUT2D eigenvalue weighted by Gasteiger charge is 2.04. The van der Waals surface area contributed by atoms with Crippen LogP contribution in [0.15, 0.2) is 48.9 Å². The van der Waals surface area contributed by atoms with Gasteiger partial charge in [0.15, 0.2) is 0 Å². The molecule has 1 aromatic carbocycles. The molecule has 3 rings (SSSR count). The average molecular weight is 209 g/mol. The lowest BCUT2D eigenvalue weighted by Gasteiger charge is -2.01. The molecule has 0 saturated heterocycles. The SMILES string of the molecule is Cc1cc2ncc(-c3ccccc3)n2cn1. The highest BCUT2D eigenvalue weighted by Crippen LogP contribution is 2.19. The van der Waals surface area contributed by atoms with Crippen LogP contribution in [-0.4, -0.2) is 14.4 Å². The highest BCUT2D eigenvalue weighted by atomic mass is 15.0. The fraction of sp³-hybridized carbons (Fsp3) is 0.0769. The quantitative estimate of drug-likeness (QED) is 0.616. The molecule has 0 atom stereocenters. The second kappa shape index (κ2) is 3.45. The number of benzene rings is 1. The molecule has 0 amide bonds. The van der Waals surface area contributed by atoms with E-state index in [0.29, 0.717) is 0 Å². The Bertz CT molecular complexity index is 626. The Morgan fingerprint density at radius 2 is 1.88 bits per heavy atom. The van der Waals surface area contributed by atoms with Crippen molar-refractivity contribution in [2.75, 3.05) is 0 Å². The summed E-state index contributed by atoms with van der Waals surface area (Å²) in [5.41, 5.74) is 4.15. The molecular formula is C13H11N3. The zero-order chi connectivity index (χ0) is 11.0. The van der Waals surface area contributed by atoms with E-state index < -0.39 is 0 Å². The van der Waals surface area contributed by atoms with Gasteiger partial charge in [-0.25, -0.2) is 9.97 Å². The number of nitrogens with zero attached hydrogens (tertiary/aromatic N) is 3. The monoisotopic (exact) mass is 209 g/mol. The molecule has 3 heteroatoms. The van der Waals surface area contributed by atoms with E-state index in [4.69, 9.17) is 0 Å². The first kappa shape index (κ1) is 9.09. The maximum absolute atomic E-state index is 4.38. The van der Waals surface area contributed by atoms with Crippen LogP contribution in [0.5, 0.6) is 0 Å². The number of imidazole rings is 1. The number of hydrogen-bond donors (Lipinski definition) is 0. The maximum Gasteiger partial charge on any atom is 0.140 e. The van der Waals surface area contributed by atoms with Gasteiger partial charge in [0.1, 0.15) is 12.0 Å². The van der Waals surface area contributed by atoms with Gasteiger partial charge in [0.05, 0.1) is 11.9 Å². The van der Waals surface area contributed by atoms with Gasteiger partial charge in [0.2, 0.25) is 0 Å². The summed E-state index contributed by atoms with van der Waals surface area (Å²) in [6, 6.07) is 12.2. The van der Waals surface area contributed by atoms with Gasteiger partial charge < -0.3 is 0 Å². The lowest BCUT2D eigenvalue weighted by atomic mass is 10.2. The molecule has 3 nitrogen and oxygen atoms in total.